The smallest absolute Gasteiger partial charge is 0.157 e. The molecule has 1 aliphatic rings. The summed E-state index contributed by atoms with van der Waals surface area (Å²) in [6, 6.07) is 0. The van der Waals surface area contributed by atoms with Crippen molar-refractivity contribution in [3.8, 4) is 0 Å². The van der Waals surface area contributed by atoms with E-state index in [9.17, 15) is 8.42 Å². The monoisotopic (exact) mass is 301 g/mol. The first-order chi connectivity index (χ1) is 8.93. The van der Waals surface area contributed by atoms with Crippen LogP contribution in [0.15, 0.2) is 0 Å². The number of thioether (sulfide) groups is 1. The highest BCUT2D eigenvalue weighted by atomic mass is 32.2. The summed E-state index contributed by atoms with van der Waals surface area (Å²) in [6.07, 6.45) is 2.23. The van der Waals surface area contributed by atoms with Gasteiger partial charge in [-0.15, -0.1) is 0 Å². The molecule has 19 heavy (non-hydrogen) atoms. The second kappa shape index (κ2) is 5.66. The van der Waals surface area contributed by atoms with Crippen molar-refractivity contribution in [2.75, 3.05) is 18.1 Å². The van der Waals surface area contributed by atoms with Crippen molar-refractivity contribution in [2.45, 2.75) is 37.0 Å². The lowest BCUT2D eigenvalue weighted by molar-refractivity contribution is 0.589. The molecule has 106 valence electrons. The van der Waals surface area contributed by atoms with Gasteiger partial charge in [-0.2, -0.15) is 11.8 Å². The molecule has 0 spiro atoms. The number of fused-ring (bicyclic) bond motifs is 1. The number of sulfone groups is 1. The van der Waals surface area contributed by atoms with Crippen molar-refractivity contribution in [2.24, 2.45) is 0 Å². The third kappa shape index (κ3) is 3.20. The summed E-state index contributed by atoms with van der Waals surface area (Å²) in [5, 5.41) is 2.62. The van der Waals surface area contributed by atoms with E-state index >= 15 is 0 Å². The van der Waals surface area contributed by atoms with Gasteiger partial charge in [-0.05, 0) is 13.3 Å². The number of aromatic nitrogens is 2. The van der Waals surface area contributed by atoms with Crippen molar-refractivity contribution in [3.63, 3.8) is 0 Å². The van der Waals surface area contributed by atoms with Gasteiger partial charge in [0.25, 0.3) is 0 Å². The Hall–Kier alpha value is -0.820. The molecule has 0 saturated heterocycles. The molecular weight excluding hydrogens is 282 g/mol. The Morgan fingerprint density at radius 2 is 2.11 bits per heavy atom. The van der Waals surface area contributed by atoms with Crippen LogP contribution in [0.25, 0.3) is 0 Å². The molecule has 1 aromatic rings. The first-order valence-corrected chi connectivity index (χ1v) is 9.44. The fraction of sp³-hybridized carbons (Fsp3) is 0.667. The van der Waals surface area contributed by atoms with Crippen molar-refractivity contribution in [3.05, 3.63) is 17.1 Å². The number of hydrogen-bond donors (Lipinski definition) is 1. The van der Waals surface area contributed by atoms with E-state index in [-0.39, 0.29) is 0 Å². The molecule has 1 N–H and O–H groups in total. The predicted octanol–water partition coefficient (Wildman–Crippen LogP) is 2.15. The zero-order valence-electron chi connectivity index (χ0n) is 11.4. The van der Waals surface area contributed by atoms with Gasteiger partial charge in [0.2, 0.25) is 0 Å². The second-order valence-electron chi connectivity index (χ2n) is 4.75. The van der Waals surface area contributed by atoms with E-state index < -0.39 is 15.1 Å². The molecule has 1 aromatic heterocycles. The number of hydrogen-bond acceptors (Lipinski definition) is 6. The minimum Gasteiger partial charge on any atom is -0.370 e. The Labute approximate surface area is 118 Å². The normalized spacial score (nSPS) is 16.2. The molecule has 0 fully saturated rings. The maximum absolute atomic E-state index is 11.7. The number of nitrogens with one attached hydrogen (secondary N) is 1. The summed E-state index contributed by atoms with van der Waals surface area (Å²) in [5.41, 5.74) is 2.10. The predicted molar refractivity (Wildman–Crippen MR) is 79.1 cm³/mol. The highest BCUT2D eigenvalue weighted by Gasteiger charge is 2.25. The minimum absolute atomic E-state index is 0.405. The van der Waals surface area contributed by atoms with Gasteiger partial charge in [-0.25, -0.2) is 18.4 Å². The van der Waals surface area contributed by atoms with E-state index in [0.717, 1.165) is 41.5 Å². The molecule has 0 aliphatic carbocycles. The first-order valence-electron chi connectivity index (χ1n) is 6.33. The lowest BCUT2D eigenvalue weighted by atomic mass is 10.2. The second-order valence-corrected chi connectivity index (χ2v) is 8.10. The van der Waals surface area contributed by atoms with Gasteiger partial charge in [-0.1, -0.05) is 6.92 Å². The van der Waals surface area contributed by atoms with Crippen LogP contribution in [-0.2, 0) is 21.3 Å². The average Bonchev–Trinajstić information content (AvgIpc) is 2.81. The van der Waals surface area contributed by atoms with Gasteiger partial charge < -0.3 is 5.32 Å². The van der Waals surface area contributed by atoms with Crippen LogP contribution in [0.2, 0.25) is 0 Å². The first kappa shape index (κ1) is 14.6. The van der Waals surface area contributed by atoms with Gasteiger partial charge in [0.15, 0.2) is 9.84 Å². The van der Waals surface area contributed by atoms with Crippen LogP contribution in [0, 0.1) is 0 Å². The summed E-state index contributed by atoms with van der Waals surface area (Å²) in [7, 11) is -3.17. The van der Waals surface area contributed by atoms with Gasteiger partial charge >= 0.3 is 0 Å². The summed E-state index contributed by atoms with van der Waals surface area (Å²) in [4.78, 5) is 8.87. The molecular formula is C12H19N3O2S2. The van der Waals surface area contributed by atoms with E-state index in [1.807, 2.05) is 0 Å². The Morgan fingerprint density at radius 3 is 2.74 bits per heavy atom. The fourth-order valence-corrected chi connectivity index (χ4v) is 3.36. The van der Waals surface area contributed by atoms with Crippen molar-refractivity contribution >= 4 is 27.4 Å². The van der Waals surface area contributed by atoms with E-state index in [1.165, 1.54) is 6.26 Å². The minimum atomic E-state index is -3.17. The zero-order valence-corrected chi connectivity index (χ0v) is 13.1. The number of anilines is 1. The SMILES string of the molecule is CCCNc1nc(C(C)S(C)(=O)=O)nc2c1CSC2. The van der Waals surface area contributed by atoms with E-state index in [0.29, 0.717) is 5.82 Å². The molecule has 0 radical (unpaired) electrons. The molecule has 1 unspecified atom stereocenters. The molecule has 0 aromatic carbocycles. The van der Waals surface area contributed by atoms with Gasteiger partial charge in [0, 0.05) is 29.9 Å². The Morgan fingerprint density at radius 1 is 1.37 bits per heavy atom. The molecule has 2 heterocycles. The van der Waals surface area contributed by atoms with Crippen LogP contribution < -0.4 is 5.32 Å². The molecule has 5 nitrogen and oxygen atoms in total. The number of rotatable bonds is 5. The van der Waals surface area contributed by atoms with E-state index in [4.69, 9.17) is 0 Å². The topological polar surface area (TPSA) is 72.0 Å². The summed E-state index contributed by atoms with van der Waals surface area (Å²) in [6.45, 7) is 4.56. The van der Waals surface area contributed by atoms with Crippen LogP contribution in [0.3, 0.4) is 0 Å². The lowest BCUT2D eigenvalue weighted by Gasteiger charge is -2.14. The standard InChI is InChI=1S/C12H19N3O2S2/c1-4-5-13-12-9-6-18-7-10(9)14-11(15-12)8(2)19(3,16)17/h8H,4-7H2,1-3H3,(H,13,14,15). The Bertz CT molecular complexity index is 573. The van der Waals surface area contributed by atoms with E-state index in [1.54, 1.807) is 18.7 Å². The summed E-state index contributed by atoms with van der Waals surface area (Å²) < 4.78 is 23.3. The molecule has 2 rings (SSSR count). The third-order valence-electron chi connectivity index (χ3n) is 3.14. The fourth-order valence-electron chi connectivity index (χ4n) is 1.83. The molecule has 1 atom stereocenters. The van der Waals surface area contributed by atoms with Crippen molar-refractivity contribution in [1.29, 1.82) is 0 Å². The van der Waals surface area contributed by atoms with Crippen LogP contribution >= 0.6 is 11.8 Å². The van der Waals surface area contributed by atoms with Gasteiger partial charge in [0.1, 0.15) is 16.9 Å². The van der Waals surface area contributed by atoms with Crippen LogP contribution in [-0.4, -0.2) is 31.2 Å². The van der Waals surface area contributed by atoms with Gasteiger partial charge in [0.05, 0.1) is 5.69 Å². The Kier molecular flexibility index (Phi) is 4.35. The van der Waals surface area contributed by atoms with Crippen LogP contribution in [0.1, 0.15) is 42.6 Å². The summed E-state index contributed by atoms with van der Waals surface area (Å²) >= 11 is 1.79. The van der Waals surface area contributed by atoms with Crippen LogP contribution in [0.5, 0.6) is 0 Å². The average molecular weight is 301 g/mol. The van der Waals surface area contributed by atoms with Crippen LogP contribution in [0.4, 0.5) is 5.82 Å². The molecule has 0 amide bonds. The van der Waals surface area contributed by atoms with Crippen molar-refractivity contribution in [1.82, 2.24) is 9.97 Å². The van der Waals surface area contributed by atoms with Gasteiger partial charge in [-0.3, -0.25) is 0 Å². The lowest BCUT2D eigenvalue weighted by Crippen LogP contribution is -2.15. The quantitative estimate of drug-likeness (QED) is 0.898. The summed E-state index contributed by atoms with van der Waals surface area (Å²) in [5.74, 6) is 2.95. The third-order valence-corrected chi connectivity index (χ3v) is 5.61. The highest BCUT2D eigenvalue weighted by Crippen LogP contribution is 2.34. The highest BCUT2D eigenvalue weighted by molar-refractivity contribution is 7.98. The zero-order chi connectivity index (χ0) is 14.0. The number of nitrogens with zero attached hydrogens (tertiary/aromatic N) is 2. The molecule has 0 saturated carbocycles. The largest absolute Gasteiger partial charge is 0.370 e. The van der Waals surface area contributed by atoms with E-state index in [2.05, 4.69) is 22.2 Å². The van der Waals surface area contributed by atoms with Crippen molar-refractivity contribution < 1.29 is 8.42 Å². The maximum Gasteiger partial charge on any atom is 0.157 e. The molecule has 7 heteroatoms. The Balaban J connectivity index is 2.41. The maximum atomic E-state index is 11.7. The molecule has 1 aliphatic heterocycles. The molecule has 0 bridgehead atoms.